The highest BCUT2D eigenvalue weighted by Gasteiger charge is 2.21. The van der Waals surface area contributed by atoms with Crippen LogP contribution in [0.3, 0.4) is 0 Å². The van der Waals surface area contributed by atoms with E-state index in [-0.39, 0.29) is 0 Å². The summed E-state index contributed by atoms with van der Waals surface area (Å²) < 4.78 is 0. The lowest BCUT2D eigenvalue weighted by atomic mass is 10.1. The van der Waals surface area contributed by atoms with Crippen LogP contribution >= 0.6 is 0 Å². The third kappa shape index (κ3) is 5.71. The number of nitrogen functional groups attached to an aromatic ring is 1. The molecule has 3 N–H and O–H groups in total. The molecule has 5 rings (SSSR count). The van der Waals surface area contributed by atoms with E-state index in [9.17, 15) is 0 Å². The first-order chi connectivity index (χ1) is 17.2. The maximum Gasteiger partial charge on any atom is 0.169 e. The molecule has 0 atom stereocenters. The minimum Gasteiger partial charge on any atom is -0.380 e. The fourth-order valence-electron chi connectivity index (χ4n) is 5.06. The molecule has 2 fully saturated rings. The van der Waals surface area contributed by atoms with Gasteiger partial charge in [-0.3, -0.25) is 4.98 Å². The van der Waals surface area contributed by atoms with Crippen molar-refractivity contribution in [2.24, 2.45) is 0 Å². The normalized spacial score (nSPS) is 17.1. The topological polar surface area (TPSA) is 86.4 Å². The zero-order valence-electron chi connectivity index (χ0n) is 20.7. The van der Waals surface area contributed by atoms with Crippen molar-refractivity contribution >= 4 is 17.2 Å². The highest BCUT2D eigenvalue weighted by molar-refractivity contribution is 5.72. The van der Waals surface area contributed by atoms with Gasteiger partial charge in [-0.05, 0) is 50.1 Å². The van der Waals surface area contributed by atoms with Crippen molar-refractivity contribution < 1.29 is 0 Å². The molecule has 2 aliphatic heterocycles. The Kier molecular flexibility index (Phi) is 7.39. The molecule has 8 heteroatoms. The predicted molar refractivity (Wildman–Crippen MR) is 143 cm³/mol. The summed E-state index contributed by atoms with van der Waals surface area (Å²) in [6, 6.07) is 14.7. The van der Waals surface area contributed by atoms with E-state index >= 15 is 0 Å². The van der Waals surface area contributed by atoms with E-state index in [0.717, 1.165) is 88.7 Å². The first-order valence-electron chi connectivity index (χ1n) is 12.7. The molecule has 2 aliphatic rings. The fourth-order valence-corrected chi connectivity index (χ4v) is 5.06. The Hall–Kier alpha value is -3.23. The number of nitrogens with one attached hydrogen (secondary N) is 1. The van der Waals surface area contributed by atoms with Gasteiger partial charge in [-0.25, -0.2) is 0 Å². The molecule has 4 heterocycles. The average Bonchev–Trinajstić information content (AvgIpc) is 2.90. The van der Waals surface area contributed by atoms with Gasteiger partial charge in [0.2, 0.25) is 0 Å². The summed E-state index contributed by atoms with van der Waals surface area (Å²) in [5.74, 6) is 0.492. The molecule has 2 aromatic heterocycles. The van der Waals surface area contributed by atoms with Crippen LogP contribution in [0.2, 0.25) is 0 Å². The number of rotatable bonds is 7. The van der Waals surface area contributed by atoms with E-state index < -0.39 is 0 Å². The van der Waals surface area contributed by atoms with Crippen molar-refractivity contribution in [1.29, 1.82) is 0 Å². The van der Waals surface area contributed by atoms with Crippen LogP contribution in [0, 0.1) is 6.92 Å². The van der Waals surface area contributed by atoms with E-state index in [0.29, 0.717) is 5.82 Å². The van der Waals surface area contributed by atoms with Crippen molar-refractivity contribution in [3.63, 3.8) is 0 Å². The molecule has 35 heavy (non-hydrogen) atoms. The van der Waals surface area contributed by atoms with Gasteiger partial charge < -0.3 is 25.8 Å². The van der Waals surface area contributed by atoms with Gasteiger partial charge in [0, 0.05) is 75.5 Å². The van der Waals surface area contributed by atoms with E-state index in [1.807, 2.05) is 18.3 Å². The maximum absolute atomic E-state index is 6.26. The van der Waals surface area contributed by atoms with Crippen molar-refractivity contribution in [2.75, 3.05) is 74.4 Å². The second-order valence-electron chi connectivity index (χ2n) is 9.49. The molecule has 0 bridgehead atoms. The minimum atomic E-state index is 0.492. The molecule has 0 radical (unpaired) electrons. The minimum absolute atomic E-state index is 0.492. The molecule has 0 saturated carbocycles. The van der Waals surface area contributed by atoms with Gasteiger partial charge in [0.15, 0.2) is 5.82 Å². The highest BCUT2D eigenvalue weighted by Crippen LogP contribution is 2.29. The van der Waals surface area contributed by atoms with E-state index in [2.05, 4.69) is 72.5 Å². The third-order valence-corrected chi connectivity index (χ3v) is 7.12. The summed E-state index contributed by atoms with van der Waals surface area (Å²) in [5.41, 5.74) is 12.8. The molecule has 0 aliphatic carbocycles. The number of benzene rings is 1. The SMILES string of the molecule is Cc1ccccc1-c1cc(N2CCN(c3ccnc(CCCN4CCNCC4)c3)CC2)c(N)nn1. The van der Waals surface area contributed by atoms with Gasteiger partial charge >= 0.3 is 0 Å². The molecule has 8 nitrogen and oxygen atoms in total. The van der Waals surface area contributed by atoms with Crippen molar-refractivity contribution in [1.82, 2.24) is 25.4 Å². The second kappa shape index (κ2) is 11.0. The van der Waals surface area contributed by atoms with Crippen molar-refractivity contribution in [2.45, 2.75) is 19.8 Å². The molecule has 0 amide bonds. The van der Waals surface area contributed by atoms with Crippen LogP contribution in [0.5, 0.6) is 0 Å². The Bertz CT molecular complexity index is 1120. The summed E-state index contributed by atoms with van der Waals surface area (Å²) in [7, 11) is 0. The molecular weight excluding hydrogens is 436 g/mol. The molecule has 0 unspecified atom stereocenters. The molecule has 3 aromatic rings. The fraction of sp³-hybridized carbons (Fsp3) is 0.444. The summed E-state index contributed by atoms with van der Waals surface area (Å²) in [5, 5.41) is 12.1. The average molecular weight is 473 g/mol. The lowest BCUT2D eigenvalue weighted by Gasteiger charge is -2.37. The van der Waals surface area contributed by atoms with Crippen molar-refractivity contribution in [3.05, 3.63) is 59.9 Å². The smallest absolute Gasteiger partial charge is 0.169 e. The Morgan fingerprint density at radius 3 is 2.49 bits per heavy atom. The number of hydrogen-bond donors (Lipinski definition) is 2. The van der Waals surface area contributed by atoms with Crippen LogP contribution in [0.1, 0.15) is 17.7 Å². The van der Waals surface area contributed by atoms with Crippen LogP contribution in [0.15, 0.2) is 48.7 Å². The summed E-state index contributed by atoms with van der Waals surface area (Å²) in [6.07, 6.45) is 4.14. The number of aryl methyl sites for hydroxylation is 2. The standard InChI is InChI=1S/C27H36N8/c1-21-5-2-3-7-24(21)25-20-26(27(28)32-31-25)35-17-15-34(16-18-35)23-8-9-30-22(19-23)6-4-12-33-13-10-29-11-14-33/h2-3,5,7-9,19-20,29H,4,6,10-18H2,1H3,(H2,28,32). The highest BCUT2D eigenvalue weighted by atomic mass is 15.3. The lowest BCUT2D eigenvalue weighted by Crippen LogP contribution is -2.46. The number of piperazine rings is 2. The largest absolute Gasteiger partial charge is 0.380 e. The number of nitrogens with two attached hydrogens (primary N) is 1. The van der Waals surface area contributed by atoms with Gasteiger partial charge in [-0.15, -0.1) is 10.2 Å². The number of aromatic nitrogens is 3. The van der Waals surface area contributed by atoms with E-state index in [4.69, 9.17) is 5.73 Å². The van der Waals surface area contributed by atoms with Crippen LogP contribution in [-0.4, -0.2) is 79.0 Å². The van der Waals surface area contributed by atoms with Gasteiger partial charge in [0.05, 0.1) is 11.4 Å². The van der Waals surface area contributed by atoms with Crippen LogP contribution in [0.25, 0.3) is 11.3 Å². The van der Waals surface area contributed by atoms with Crippen LogP contribution < -0.4 is 20.9 Å². The monoisotopic (exact) mass is 472 g/mol. The van der Waals surface area contributed by atoms with Gasteiger partial charge in [0.1, 0.15) is 0 Å². The van der Waals surface area contributed by atoms with Crippen LogP contribution in [-0.2, 0) is 6.42 Å². The molecular formula is C27H36N8. The second-order valence-corrected chi connectivity index (χ2v) is 9.49. The lowest BCUT2D eigenvalue weighted by molar-refractivity contribution is 0.238. The number of anilines is 3. The first-order valence-corrected chi connectivity index (χ1v) is 12.7. The number of pyridine rings is 1. The number of nitrogens with zero attached hydrogens (tertiary/aromatic N) is 6. The predicted octanol–water partition coefficient (Wildman–Crippen LogP) is 2.59. The Labute approximate surface area is 208 Å². The van der Waals surface area contributed by atoms with E-state index in [1.54, 1.807) is 0 Å². The first kappa shape index (κ1) is 23.5. The molecule has 184 valence electrons. The van der Waals surface area contributed by atoms with E-state index in [1.165, 1.54) is 16.9 Å². The number of hydrogen-bond acceptors (Lipinski definition) is 8. The van der Waals surface area contributed by atoms with Crippen LogP contribution in [0.4, 0.5) is 17.2 Å². The van der Waals surface area contributed by atoms with Gasteiger partial charge in [-0.1, -0.05) is 24.3 Å². The Balaban J connectivity index is 1.20. The van der Waals surface area contributed by atoms with Crippen molar-refractivity contribution in [3.8, 4) is 11.3 Å². The summed E-state index contributed by atoms with van der Waals surface area (Å²) in [4.78, 5) is 12.0. The Morgan fingerprint density at radius 1 is 0.914 bits per heavy atom. The molecule has 2 saturated heterocycles. The maximum atomic E-state index is 6.26. The zero-order chi connectivity index (χ0) is 24.0. The van der Waals surface area contributed by atoms with Gasteiger partial charge in [0.25, 0.3) is 0 Å². The summed E-state index contributed by atoms with van der Waals surface area (Å²) >= 11 is 0. The Morgan fingerprint density at radius 2 is 1.69 bits per heavy atom. The molecule has 0 spiro atoms. The van der Waals surface area contributed by atoms with Gasteiger partial charge in [-0.2, -0.15) is 0 Å². The third-order valence-electron chi connectivity index (χ3n) is 7.12. The summed E-state index contributed by atoms with van der Waals surface area (Å²) in [6.45, 7) is 11.4. The quantitative estimate of drug-likeness (QED) is 0.543. The molecule has 1 aromatic carbocycles. The zero-order valence-corrected chi connectivity index (χ0v) is 20.7.